The number of aliphatic hydroxyl groups is 1. The smallest absolute Gasteiger partial charge is 0.0674 e. The monoisotopic (exact) mass is 402 g/mol. The molecule has 0 aromatic carbocycles. The van der Waals surface area contributed by atoms with E-state index in [2.05, 4.69) is 55.4 Å². The highest BCUT2D eigenvalue weighted by Crippen LogP contribution is 2.34. The molecule has 4 nitrogen and oxygen atoms in total. The van der Waals surface area contributed by atoms with Crippen molar-refractivity contribution in [2.45, 2.75) is 131 Å². The lowest BCUT2D eigenvalue weighted by Gasteiger charge is -2.40. The van der Waals surface area contributed by atoms with Crippen LogP contribution in [0.25, 0.3) is 0 Å². The number of ether oxygens (including phenoxy) is 3. The van der Waals surface area contributed by atoms with Gasteiger partial charge in [0, 0.05) is 5.41 Å². The van der Waals surface area contributed by atoms with Gasteiger partial charge in [-0.15, -0.1) is 0 Å². The molecule has 0 heterocycles. The molecule has 4 unspecified atom stereocenters. The lowest BCUT2D eigenvalue weighted by Crippen LogP contribution is -2.42. The summed E-state index contributed by atoms with van der Waals surface area (Å²) in [5.41, 5.74) is -1.27. The van der Waals surface area contributed by atoms with Gasteiger partial charge in [-0.2, -0.15) is 0 Å². The van der Waals surface area contributed by atoms with Crippen molar-refractivity contribution in [3.63, 3.8) is 0 Å². The maximum atomic E-state index is 10.7. The summed E-state index contributed by atoms with van der Waals surface area (Å²) in [7, 11) is 0. The van der Waals surface area contributed by atoms with Gasteiger partial charge < -0.3 is 19.3 Å². The van der Waals surface area contributed by atoms with E-state index in [0.29, 0.717) is 26.2 Å². The number of hydrogen-bond acceptors (Lipinski definition) is 4. The fourth-order valence-corrected chi connectivity index (χ4v) is 2.99. The van der Waals surface area contributed by atoms with E-state index in [9.17, 15) is 5.11 Å². The summed E-state index contributed by atoms with van der Waals surface area (Å²) in [6.45, 7) is 23.0. The minimum Gasteiger partial charge on any atom is -0.390 e. The van der Waals surface area contributed by atoms with Gasteiger partial charge in [0.05, 0.1) is 42.7 Å². The second-order valence-corrected chi connectivity index (χ2v) is 10.2. The summed E-state index contributed by atoms with van der Waals surface area (Å²) < 4.78 is 18.6. The van der Waals surface area contributed by atoms with Gasteiger partial charge in [0.1, 0.15) is 0 Å². The summed E-state index contributed by atoms with van der Waals surface area (Å²) in [5, 5.41) is 10.7. The molecular weight excluding hydrogens is 352 g/mol. The summed E-state index contributed by atoms with van der Waals surface area (Å²) in [4.78, 5) is 0. The molecule has 0 aromatic heterocycles. The zero-order valence-electron chi connectivity index (χ0n) is 20.6. The maximum absolute atomic E-state index is 10.7. The zero-order valence-corrected chi connectivity index (χ0v) is 20.6. The van der Waals surface area contributed by atoms with Crippen LogP contribution in [0.5, 0.6) is 0 Å². The maximum Gasteiger partial charge on any atom is 0.0674 e. The Hall–Kier alpha value is -0.160. The van der Waals surface area contributed by atoms with E-state index in [0.717, 1.165) is 32.1 Å². The molecule has 0 fully saturated rings. The Morgan fingerprint density at radius 3 is 1.89 bits per heavy atom. The van der Waals surface area contributed by atoms with Crippen LogP contribution in [0.15, 0.2) is 0 Å². The fourth-order valence-electron chi connectivity index (χ4n) is 2.99. The average Bonchev–Trinajstić information content (AvgIpc) is 2.64. The third kappa shape index (κ3) is 11.1. The molecule has 0 amide bonds. The van der Waals surface area contributed by atoms with E-state index in [4.69, 9.17) is 14.2 Å². The van der Waals surface area contributed by atoms with Crippen molar-refractivity contribution in [1.29, 1.82) is 0 Å². The first kappa shape index (κ1) is 27.8. The van der Waals surface area contributed by atoms with Gasteiger partial charge in [-0.25, -0.2) is 0 Å². The van der Waals surface area contributed by atoms with Gasteiger partial charge in [-0.1, -0.05) is 34.6 Å². The molecule has 28 heavy (non-hydrogen) atoms. The highest BCUT2D eigenvalue weighted by Gasteiger charge is 2.36. The van der Waals surface area contributed by atoms with Crippen molar-refractivity contribution in [2.75, 3.05) is 19.8 Å². The van der Waals surface area contributed by atoms with Crippen molar-refractivity contribution in [1.82, 2.24) is 0 Å². The number of hydrogen-bond donors (Lipinski definition) is 1. The molecular formula is C24H50O4. The molecule has 4 atom stereocenters. The molecule has 0 saturated heterocycles. The van der Waals surface area contributed by atoms with Gasteiger partial charge in [0.15, 0.2) is 0 Å². The van der Waals surface area contributed by atoms with E-state index in [1.165, 1.54) is 0 Å². The van der Waals surface area contributed by atoms with Crippen LogP contribution in [-0.2, 0) is 14.2 Å². The first-order valence-corrected chi connectivity index (χ1v) is 11.4. The van der Waals surface area contributed by atoms with Crippen LogP contribution in [0, 0.1) is 5.41 Å². The van der Waals surface area contributed by atoms with Gasteiger partial charge in [-0.3, -0.25) is 0 Å². The Morgan fingerprint density at radius 2 is 1.43 bits per heavy atom. The molecule has 0 aliphatic rings. The van der Waals surface area contributed by atoms with Crippen LogP contribution >= 0.6 is 0 Å². The number of rotatable bonds is 16. The first-order chi connectivity index (χ1) is 12.8. The average molecular weight is 403 g/mol. The van der Waals surface area contributed by atoms with Gasteiger partial charge in [-0.05, 0) is 73.1 Å². The molecule has 0 aromatic rings. The Bertz CT molecular complexity index is 421. The SMILES string of the molecule is CCC(C)OCC(C)(COC(C)(CC)CCOC(C)(C)CC)CC(C)(O)CC. The Labute approximate surface area is 175 Å². The Balaban J connectivity index is 5.01. The van der Waals surface area contributed by atoms with Crippen LogP contribution in [0.1, 0.15) is 108 Å². The normalized spacial score (nSPS) is 20.2. The highest BCUT2D eigenvalue weighted by molar-refractivity contribution is 4.86. The van der Waals surface area contributed by atoms with E-state index < -0.39 is 5.60 Å². The molecule has 0 saturated carbocycles. The Morgan fingerprint density at radius 1 is 0.821 bits per heavy atom. The van der Waals surface area contributed by atoms with E-state index in [1.807, 2.05) is 13.8 Å². The minimum atomic E-state index is -0.714. The predicted molar refractivity (Wildman–Crippen MR) is 119 cm³/mol. The predicted octanol–water partition coefficient (Wildman–Crippen LogP) is 6.14. The third-order valence-corrected chi connectivity index (χ3v) is 6.35. The second-order valence-electron chi connectivity index (χ2n) is 10.2. The topological polar surface area (TPSA) is 47.9 Å². The molecule has 0 radical (unpaired) electrons. The van der Waals surface area contributed by atoms with Gasteiger partial charge >= 0.3 is 0 Å². The molecule has 0 bridgehead atoms. The summed E-state index contributed by atoms with van der Waals surface area (Å²) in [6.07, 6.45) is 5.36. The zero-order chi connectivity index (χ0) is 22.1. The lowest BCUT2D eigenvalue weighted by molar-refractivity contribution is -0.134. The minimum absolute atomic E-state index is 0.0902. The second kappa shape index (κ2) is 11.9. The molecule has 0 aliphatic heterocycles. The molecule has 170 valence electrons. The van der Waals surface area contributed by atoms with E-state index in [1.54, 1.807) is 0 Å². The van der Waals surface area contributed by atoms with E-state index in [-0.39, 0.29) is 22.7 Å². The largest absolute Gasteiger partial charge is 0.390 e. The van der Waals surface area contributed by atoms with Crippen molar-refractivity contribution in [3.05, 3.63) is 0 Å². The summed E-state index contributed by atoms with van der Waals surface area (Å²) in [6, 6.07) is 0. The van der Waals surface area contributed by atoms with Crippen LogP contribution in [-0.4, -0.2) is 47.8 Å². The molecule has 0 rings (SSSR count). The molecule has 4 heteroatoms. The van der Waals surface area contributed by atoms with Crippen LogP contribution in [0.3, 0.4) is 0 Å². The van der Waals surface area contributed by atoms with Crippen LogP contribution in [0.2, 0.25) is 0 Å². The highest BCUT2D eigenvalue weighted by atomic mass is 16.5. The quantitative estimate of drug-likeness (QED) is 0.337. The lowest BCUT2D eigenvalue weighted by atomic mass is 9.79. The summed E-state index contributed by atoms with van der Waals surface area (Å²) in [5.74, 6) is 0. The van der Waals surface area contributed by atoms with Gasteiger partial charge in [0.2, 0.25) is 0 Å². The van der Waals surface area contributed by atoms with Crippen LogP contribution < -0.4 is 0 Å². The van der Waals surface area contributed by atoms with Crippen molar-refractivity contribution in [3.8, 4) is 0 Å². The summed E-state index contributed by atoms with van der Waals surface area (Å²) >= 11 is 0. The molecule has 0 spiro atoms. The first-order valence-electron chi connectivity index (χ1n) is 11.4. The van der Waals surface area contributed by atoms with Crippen molar-refractivity contribution >= 4 is 0 Å². The van der Waals surface area contributed by atoms with Crippen molar-refractivity contribution < 1.29 is 19.3 Å². The van der Waals surface area contributed by atoms with E-state index >= 15 is 0 Å². The van der Waals surface area contributed by atoms with Crippen LogP contribution in [0.4, 0.5) is 0 Å². The molecule has 0 aliphatic carbocycles. The Kier molecular flexibility index (Phi) is 11.8. The standard InChI is InChI=1S/C24H50O4/c1-11-20(5)26-18-22(8,17-23(9,25)13-3)19-28-24(10,14-4)15-16-27-21(6,7)12-2/h20,25H,11-19H2,1-10H3. The fraction of sp³-hybridized carbons (Fsp3) is 1.00. The molecule has 1 N–H and O–H groups in total. The van der Waals surface area contributed by atoms with Crippen molar-refractivity contribution in [2.24, 2.45) is 5.41 Å². The van der Waals surface area contributed by atoms with Gasteiger partial charge in [0.25, 0.3) is 0 Å². The third-order valence-electron chi connectivity index (χ3n) is 6.35.